The lowest BCUT2D eigenvalue weighted by Crippen LogP contribution is -2.39. The van der Waals surface area contributed by atoms with Crippen LogP contribution in [-0.2, 0) is 10.0 Å². The van der Waals surface area contributed by atoms with Crippen LogP contribution in [0.15, 0.2) is 29.3 Å². The summed E-state index contributed by atoms with van der Waals surface area (Å²) in [5.74, 6) is 1.57. The summed E-state index contributed by atoms with van der Waals surface area (Å²) in [6.07, 6.45) is 1.78. The smallest absolute Gasteiger partial charge is 0.208 e. The van der Waals surface area contributed by atoms with Crippen LogP contribution in [0.2, 0.25) is 0 Å². The van der Waals surface area contributed by atoms with Crippen molar-refractivity contribution in [2.75, 3.05) is 32.4 Å². The lowest BCUT2D eigenvalue weighted by atomic mass is 10.2. The third kappa shape index (κ3) is 11.5. The van der Waals surface area contributed by atoms with Gasteiger partial charge in [-0.3, -0.25) is 0 Å². The van der Waals surface area contributed by atoms with Gasteiger partial charge in [-0.05, 0) is 38.8 Å². The summed E-state index contributed by atoms with van der Waals surface area (Å²) >= 11 is 0. The van der Waals surface area contributed by atoms with Gasteiger partial charge in [0.15, 0.2) is 5.96 Å². The van der Waals surface area contributed by atoms with Gasteiger partial charge in [-0.2, -0.15) is 0 Å². The van der Waals surface area contributed by atoms with E-state index in [1.807, 2.05) is 45.0 Å². The molecular weight excluding hydrogens is 467 g/mol. The highest BCUT2D eigenvalue weighted by atomic mass is 127. The van der Waals surface area contributed by atoms with Gasteiger partial charge in [-0.25, -0.2) is 18.1 Å². The van der Waals surface area contributed by atoms with Gasteiger partial charge >= 0.3 is 0 Å². The lowest BCUT2D eigenvalue weighted by molar-refractivity contribution is 0.228. The summed E-state index contributed by atoms with van der Waals surface area (Å²) in [5, 5.41) is 6.35. The molecule has 1 atom stereocenters. The fraction of sp³-hybridized carbons (Fsp3) is 0.588. The Kier molecular flexibility index (Phi) is 12.6. The van der Waals surface area contributed by atoms with E-state index in [0.29, 0.717) is 32.0 Å². The quantitative estimate of drug-likeness (QED) is 0.198. The van der Waals surface area contributed by atoms with Crippen LogP contribution in [0.25, 0.3) is 0 Å². The van der Waals surface area contributed by atoms with Crippen LogP contribution in [-0.4, -0.2) is 52.9 Å². The van der Waals surface area contributed by atoms with Gasteiger partial charge in [0, 0.05) is 19.6 Å². The largest absolute Gasteiger partial charge is 0.489 e. The molecule has 0 saturated carbocycles. The zero-order chi connectivity index (χ0) is 18.7. The maximum atomic E-state index is 11.0. The Morgan fingerprint density at radius 1 is 1.23 bits per heavy atom. The van der Waals surface area contributed by atoms with Crippen molar-refractivity contribution in [3.63, 3.8) is 0 Å². The van der Waals surface area contributed by atoms with Gasteiger partial charge in [-0.1, -0.05) is 18.2 Å². The molecule has 150 valence electrons. The van der Waals surface area contributed by atoms with Gasteiger partial charge in [-0.15, -0.1) is 24.0 Å². The fourth-order valence-electron chi connectivity index (χ4n) is 2.06. The molecule has 9 heteroatoms. The standard InChI is InChI=1S/C17H30N4O3S.HI/c1-5-18-17(19-11-8-12-21-25(4,22)23)20-13-15(3)24-16-10-7-6-9-14(16)2;/h6-7,9-10,15,21H,5,8,11-13H2,1-4H3,(H2,18,19,20);1H. The number of benzene rings is 1. The molecule has 1 aromatic carbocycles. The minimum Gasteiger partial charge on any atom is -0.489 e. The average Bonchev–Trinajstić information content (AvgIpc) is 2.53. The third-order valence-electron chi connectivity index (χ3n) is 3.28. The molecule has 1 unspecified atom stereocenters. The molecule has 0 bridgehead atoms. The molecule has 26 heavy (non-hydrogen) atoms. The molecule has 3 N–H and O–H groups in total. The molecule has 0 fully saturated rings. The number of hydrogen-bond donors (Lipinski definition) is 3. The number of para-hydroxylation sites is 1. The van der Waals surface area contributed by atoms with Crippen molar-refractivity contribution >= 4 is 40.0 Å². The van der Waals surface area contributed by atoms with Gasteiger partial charge in [0.1, 0.15) is 11.9 Å². The highest BCUT2D eigenvalue weighted by Gasteiger charge is 2.06. The van der Waals surface area contributed by atoms with E-state index in [1.54, 1.807) is 0 Å². The summed E-state index contributed by atoms with van der Waals surface area (Å²) in [6.45, 7) is 8.29. The Morgan fingerprint density at radius 3 is 2.54 bits per heavy atom. The second kappa shape index (κ2) is 13.2. The number of ether oxygens (including phenoxy) is 1. The minimum atomic E-state index is -3.13. The fourth-order valence-corrected chi connectivity index (χ4v) is 2.57. The molecular formula is C17H31IN4O3S. The van der Waals surface area contributed by atoms with E-state index >= 15 is 0 Å². The average molecular weight is 498 g/mol. The molecule has 0 aliphatic heterocycles. The maximum absolute atomic E-state index is 11.0. The first-order valence-corrected chi connectivity index (χ1v) is 10.4. The zero-order valence-electron chi connectivity index (χ0n) is 15.9. The van der Waals surface area contributed by atoms with Crippen LogP contribution in [0.3, 0.4) is 0 Å². The molecule has 0 spiro atoms. The van der Waals surface area contributed by atoms with E-state index in [2.05, 4.69) is 20.3 Å². The molecule has 0 aromatic heterocycles. The molecule has 0 aliphatic rings. The number of aryl methyl sites for hydroxylation is 1. The second-order valence-electron chi connectivity index (χ2n) is 5.86. The van der Waals surface area contributed by atoms with E-state index in [-0.39, 0.29) is 30.1 Å². The lowest BCUT2D eigenvalue weighted by Gasteiger charge is -2.16. The van der Waals surface area contributed by atoms with Crippen LogP contribution in [0.4, 0.5) is 0 Å². The number of rotatable bonds is 10. The normalized spacial score (nSPS) is 12.8. The maximum Gasteiger partial charge on any atom is 0.208 e. The van der Waals surface area contributed by atoms with Crippen molar-refractivity contribution in [3.8, 4) is 5.75 Å². The number of aliphatic imine (C=N–C) groups is 1. The van der Waals surface area contributed by atoms with Gasteiger partial charge in [0.05, 0.1) is 12.8 Å². The summed E-state index contributed by atoms with van der Waals surface area (Å²) in [7, 11) is -3.13. The van der Waals surface area contributed by atoms with Gasteiger partial charge < -0.3 is 15.4 Å². The van der Waals surface area contributed by atoms with E-state index in [0.717, 1.165) is 24.1 Å². The highest BCUT2D eigenvalue weighted by molar-refractivity contribution is 14.0. The first-order valence-electron chi connectivity index (χ1n) is 8.51. The number of nitrogens with zero attached hydrogens (tertiary/aromatic N) is 1. The highest BCUT2D eigenvalue weighted by Crippen LogP contribution is 2.17. The van der Waals surface area contributed by atoms with Crippen molar-refractivity contribution in [2.24, 2.45) is 4.99 Å². The van der Waals surface area contributed by atoms with E-state index in [9.17, 15) is 8.42 Å². The number of sulfonamides is 1. The summed E-state index contributed by atoms with van der Waals surface area (Å²) in [5.41, 5.74) is 1.10. The number of nitrogens with one attached hydrogen (secondary N) is 3. The Morgan fingerprint density at radius 2 is 1.92 bits per heavy atom. The third-order valence-corrected chi connectivity index (χ3v) is 4.01. The molecule has 0 saturated heterocycles. The van der Waals surface area contributed by atoms with Crippen LogP contribution in [0, 0.1) is 6.92 Å². The van der Waals surface area contributed by atoms with Crippen LogP contribution < -0.4 is 20.1 Å². The predicted octanol–water partition coefficient (Wildman–Crippen LogP) is 1.87. The molecule has 7 nitrogen and oxygen atoms in total. The molecule has 0 radical (unpaired) electrons. The molecule has 1 aromatic rings. The van der Waals surface area contributed by atoms with Crippen LogP contribution >= 0.6 is 24.0 Å². The van der Waals surface area contributed by atoms with E-state index in [4.69, 9.17) is 4.74 Å². The summed E-state index contributed by atoms with van der Waals surface area (Å²) < 4.78 is 30.4. The Hall–Kier alpha value is -1.07. The van der Waals surface area contributed by atoms with Crippen molar-refractivity contribution < 1.29 is 13.2 Å². The van der Waals surface area contributed by atoms with Crippen molar-refractivity contribution in [1.82, 2.24) is 15.4 Å². The number of hydrogen-bond acceptors (Lipinski definition) is 4. The topological polar surface area (TPSA) is 91.8 Å². The number of guanidine groups is 1. The van der Waals surface area contributed by atoms with Crippen molar-refractivity contribution in [2.45, 2.75) is 33.3 Å². The van der Waals surface area contributed by atoms with Crippen LogP contribution in [0.1, 0.15) is 25.8 Å². The van der Waals surface area contributed by atoms with E-state index in [1.165, 1.54) is 0 Å². The van der Waals surface area contributed by atoms with Gasteiger partial charge in [0.25, 0.3) is 0 Å². The van der Waals surface area contributed by atoms with Gasteiger partial charge in [0.2, 0.25) is 10.0 Å². The van der Waals surface area contributed by atoms with Crippen molar-refractivity contribution in [3.05, 3.63) is 29.8 Å². The molecule has 0 amide bonds. The molecule has 1 rings (SSSR count). The number of halogens is 1. The monoisotopic (exact) mass is 498 g/mol. The Balaban J connectivity index is 0.00000625. The predicted molar refractivity (Wildman–Crippen MR) is 118 cm³/mol. The summed E-state index contributed by atoms with van der Waals surface area (Å²) in [4.78, 5) is 4.52. The molecule has 0 heterocycles. The first kappa shape index (κ1) is 24.9. The zero-order valence-corrected chi connectivity index (χ0v) is 19.1. The minimum absolute atomic E-state index is 0. The first-order chi connectivity index (χ1) is 11.8. The molecule has 0 aliphatic carbocycles. The van der Waals surface area contributed by atoms with E-state index < -0.39 is 10.0 Å². The second-order valence-corrected chi connectivity index (χ2v) is 7.69. The van der Waals surface area contributed by atoms with Crippen LogP contribution in [0.5, 0.6) is 5.75 Å². The SMILES string of the molecule is CCNC(=NCC(C)Oc1ccccc1C)NCCCNS(C)(=O)=O.I. The Bertz CT molecular complexity index is 653. The Labute approximate surface area is 174 Å². The summed E-state index contributed by atoms with van der Waals surface area (Å²) in [6, 6.07) is 7.90. The van der Waals surface area contributed by atoms with Crippen molar-refractivity contribution in [1.29, 1.82) is 0 Å².